The van der Waals surface area contributed by atoms with Crippen molar-refractivity contribution in [1.82, 2.24) is 9.80 Å². The summed E-state index contributed by atoms with van der Waals surface area (Å²) in [5, 5.41) is 0. The van der Waals surface area contributed by atoms with Gasteiger partial charge < -0.3 is 10.6 Å². The molecule has 0 aliphatic carbocycles. The summed E-state index contributed by atoms with van der Waals surface area (Å²) in [6.07, 6.45) is 4.10. The molecule has 3 atom stereocenters. The van der Waals surface area contributed by atoms with Crippen LogP contribution in [0.2, 0.25) is 0 Å². The van der Waals surface area contributed by atoms with Crippen LogP contribution in [-0.2, 0) is 0 Å². The summed E-state index contributed by atoms with van der Waals surface area (Å²) in [5.41, 5.74) is 6.03. The molecule has 106 valence electrons. The molecule has 0 saturated carbocycles. The average Bonchev–Trinajstić information content (AvgIpc) is 3.01. The first-order valence-corrected chi connectivity index (χ1v) is 8.63. The van der Waals surface area contributed by atoms with Gasteiger partial charge in [-0.25, -0.2) is 0 Å². The zero-order valence-electron chi connectivity index (χ0n) is 12.0. The molecule has 0 spiro atoms. The van der Waals surface area contributed by atoms with Crippen LogP contribution in [0.15, 0.2) is 0 Å². The number of likely N-dealkylation sites (N-methyl/N-ethyl adjacent to an activating group) is 2. The molecule has 0 bridgehead atoms. The van der Waals surface area contributed by atoms with Crippen molar-refractivity contribution in [3.63, 3.8) is 0 Å². The van der Waals surface area contributed by atoms with Crippen LogP contribution in [-0.4, -0.2) is 66.6 Å². The average molecular weight is 271 g/mol. The van der Waals surface area contributed by atoms with Gasteiger partial charge in [-0.15, -0.1) is 0 Å². The van der Waals surface area contributed by atoms with Crippen molar-refractivity contribution < 1.29 is 0 Å². The van der Waals surface area contributed by atoms with Crippen LogP contribution in [0.4, 0.5) is 0 Å². The predicted octanol–water partition coefficient (Wildman–Crippen LogP) is 1.48. The van der Waals surface area contributed by atoms with E-state index in [0.717, 1.165) is 18.5 Å². The van der Waals surface area contributed by atoms with Gasteiger partial charge in [0.25, 0.3) is 0 Å². The second-order valence-electron chi connectivity index (χ2n) is 5.79. The molecule has 0 aromatic carbocycles. The van der Waals surface area contributed by atoms with Crippen molar-refractivity contribution in [3.05, 3.63) is 0 Å². The van der Waals surface area contributed by atoms with E-state index in [4.69, 9.17) is 5.73 Å². The Kier molecular flexibility index (Phi) is 5.80. The minimum absolute atomic E-state index is 0.597. The van der Waals surface area contributed by atoms with Crippen LogP contribution in [0, 0.1) is 5.92 Å². The summed E-state index contributed by atoms with van der Waals surface area (Å²) in [7, 11) is 2.28. The summed E-state index contributed by atoms with van der Waals surface area (Å²) in [4.78, 5) is 5.18. The molecular formula is C14H29N3S. The Hall–Kier alpha value is 0.230. The SMILES string of the molecule is CCN1CCCC1CN(C)C(CN)C1CCSC1. The molecule has 0 aromatic rings. The maximum Gasteiger partial charge on any atom is 0.0252 e. The molecule has 2 heterocycles. The first-order chi connectivity index (χ1) is 8.76. The fraction of sp³-hybridized carbons (Fsp3) is 1.00. The lowest BCUT2D eigenvalue weighted by atomic mass is 9.97. The Bertz CT molecular complexity index is 243. The summed E-state index contributed by atoms with van der Waals surface area (Å²) < 4.78 is 0. The standard InChI is InChI=1S/C14H29N3S/c1-3-17-7-4-5-13(17)10-16(2)14(9-15)12-6-8-18-11-12/h12-14H,3-11,15H2,1-2H3. The van der Waals surface area contributed by atoms with Crippen molar-refractivity contribution in [1.29, 1.82) is 0 Å². The zero-order valence-corrected chi connectivity index (χ0v) is 12.8. The molecule has 2 aliphatic heterocycles. The van der Waals surface area contributed by atoms with Gasteiger partial charge in [-0.3, -0.25) is 4.90 Å². The minimum Gasteiger partial charge on any atom is -0.329 e. The van der Waals surface area contributed by atoms with Gasteiger partial charge in [0.15, 0.2) is 0 Å². The Morgan fingerprint density at radius 3 is 2.89 bits per heavy atom. The number of nitrogens with zero attached hydrogens (tertiary/aromatic N) is 2. The Labute approximate surface area is 116 Å². The number of thioether (sulfide) groups is 1. The highest BCUT2D eigenvalue weighted by Gasteiger charge is 2.31. The molecule has 2 saturated heterocycles. The summed E-state index contributed by atoms with van der Waals surface area (Å²) in [5.74, 6) is 3.47. The smallest absolute Gasteiger partial charge is 0.0252 e. The Balaban J connectivity index is 1.86. The van der Waals surface area contributed by atoms with Crippen LogP contribution in [0.25, 0.3) is 0 Å². The number of likely N-dealkylation sites (tertiary alicyclic amines) is 1. The van der Waals surface area contributed by atoms with Crippen LogP contribution < -0.4 is 5.73 Å². The molecule has 2 rings (SSSR count). The van der Waals surface area contributed by atoms with Gasteiger partial charge in [0.1, 0.15) is 0 Å². The quantitative estimate of drug-likeness (QED) is 0.793. The highest BCUT2D eigenvalue weighted by atomic mass is 32.2. The van der Waals surface area contributed by atoms with Crippen molar-refractivity contribution in [2.45, 2.75) is 38.3 Å². The van der Waals surface area contributed by atoms with E-state index >= 15 is 0 Å². The fourth-order valence-corrected chi connectivity index (χ4v) is 4.90. The Morgan fingerprint density at radius 1 is 1.44 bits per heavy atom. The molecule has 0 aromatic heterocycles. The predicted molar refractivity (Wildman–Crippen MR) is 81.2 cm³/mol. The molecule has 2 N–H and O–H groups in total. The van der Waals surface area contributed by atoms with E-state index in [1.165, 1.54) is 50.4 Å². The van der Waals surface area contributed by atoms with E-state index in [-0.39, 0.29) is 0 Å². The van der Waals surface area contributed by atoms with Crippen LogP contribution >= 0.6 is 11.8 Å². The van der Waals surface area contributed by atoms with Gasteiger partial charge in [0.2, 0.25) is 0 Å². The van der Waals surface area contributed by atoms with Gasteiger partial charge in [0.05, 0.1) is 0 Å². The van der Waals surface area contributed by atoms with Gasteiger partial charge in [-0.2, -0.15) is 11.8 Å². The summed E-state index contributed by atoms with van der Waals surface area (Å²) in [6.45, 7) is 6.80. The molecule has 4 heteroatoms. The van der Waals surface area contributed by atoms with Crippen molar-refractivity contribution in [2.75, 3.05) is 44.7 Å². The maximum atomic E-state index is 6.03. The van der Waals surface area contributed by atoms with Gasteiger partial charge in [-0.05, 0) is 56.8 Å². The van der Waals surface area contributed by atoms with E-state index in [1.54, 1.807) is 0 Å². The normalized spacial score (nSPS) is 31.3. The second kappa shape index (κ2) is 7.13. The molecule has 2 aliphatic rings. The largest absolute Gasteiger partial charge is 0.329 e. The van der Waals surface area contributed by atoms with Crippen molar-refractivity contribution >= 4 is 11.8 Å². The highest BCUT2D eigenvalue weighted by Crippen LogP contribution is 2.29. The number of hydrogen-bond acceptors (Lipinski definition) is 4. The second-order valence-corrected chi connectivity index (χ2v) is 6.94. The lowest BCUT2D eigenvalue weighted by Gasteiger charge is -2.35. The van der Waals surface area contributed by atoms with Crippen LogP contribution in [0.5, 0.6) is 0 Å². The topological polar surface area (TPSA) is 32.5 Å². The van der Waals surface area contributed by atoms with Crippen LogP contribution in [0.1, 0.15) is 26.2 Å². The number of nitrogens with two attached hydrogens (primary N) is 1. The van der Waals surface area contributed by atoms with E-state index in [9.17, 15) is 0 Å². The van der Waals surface area contributed by atoms with Crippen LogP contribution in [0.3, 0.4) is 0 Å². The highest BCUT2D eigenvalue weighted by molar-refractivity contribution is 7.99. The van der Waals surface area contributed by atoms with E-state index in [1.807, 2.05) is 0 Å². The number of rotatable bonds is 6. The van der Waals surface area contributed by atoms with Gasteiger partial charge in [-0.1, -0.05) is 6.92 Å². The third-order valence-electron chi connectivity index (χ3n) is 4.72. The molecule has 0 amide bonds. The molecule has 18 heavy (non-hydrogen) atoms. The van der Waals surface area contributed by atoms with Crippen molar-refractivity contribution in [2.24, 2.45) is 11.7 Å². The van der Waals surface area contributed by atoms with Crippen molar-refractivity contribution in [3.8, 4) is 0 Å². The number of hydrogen-bond donors (Lipinski definition) is 1. The first-order valence-electron chi connectivity index (χ1n) is 7.48. The molecular weight excluding hydrogens is 242 g/mol. The molecule has 3 nitrogen and oxygen atoms in total. The third-order valence-corrected chi connectivity index (χ3v) is 5.91. The zero-order chi connectivity index (χ0) is 13.0. The first kappa shape index (κ1) is 14.6. The van der Waals surface area contributed by atoms with E-state index < -0.39 is 0 Å². The molecule has 3 unspecified atom stereocenters. The van der Waals surface area contributed by atoms with Gasteiger partial charge >= 0.3 is 0 Å². The van der Waals surface area contributed by atoms with Gasteiger partial charge in [0, 0.05) is 25.2 Å². The fourth-order valence-electron chi connectivity index (χ4n) is 3.57. The van der Waals surface area contributed by atoms with E-state index in [2.05, 4.69) is 35.5 Å². The molecule has 0 radical (unpaired) electrons. The minimum atomic E-state index is 0.597. The maximum absolute atomic E-state index is 6.03. The monoisotopic (exact) mass is 271 g/mol. The summed E-state index contributed by atoms with van der Waals surface area (Å²) in [6, 6.07) is 1.36. The molecule has 2 fully saturated rings. The van der Waals surface area contributed by atoms with E-state index in [0.29, 0.717) is 6.04 Å². The third kappa shape index (κ3) is 3.41. The lowest BCUT2D eigenvalue weighted by molar-refractivity contribution is 0.138. The summed E-state index contributed by atoms with van der Waals surface area (Å²) >= 11 is 2.10. The lowest BCUT2D eigenvalue weighted by Crippen LogP contribution is -2.48. The Morgan fingerprint density at radius 2 is 2.28 bits per heavy atom.